The number of thioether (sulfide) groups is 1. The first-order valence-corrected chi connectivity index (χ1v) is 27.9. The van der Waals surface area contributed by atoms with Crippen LogP contribution < -0.4 is 5.53 Å². The molecule has 15 heteroatoms. The van der Waals surface area contributed by atoms with Crippen LogP contribution in [0, 0.1) is 34.5 Å². The van der Waals surface area contributed by atoms with Gasteiger partial charge in [-0.15, -0.1) is 17.3 Å². The zero-order valence-electron chi connectivity index (χ0n) is 47.0. The second-order valence-electron chi connectivity index (χ2n) is 24.4. The lowest BCUT2D eigenvalue weighted by molar-refractivity contribution is -0.272. The van der Waals surface area contributed by atoms with Crippen molar-refractivity contribution < 1.29 is 43.5 Å². The average Bonchev–Trinajstić information content (AvgIpc) is 3.65. The van der Waals surface area contributed by atoms with Crippen LogP contribution in [0.1, 0.15) is 154 Å². The van der Waals surface area contributed by atoms with E-state index in [0.717, 1.165) is 30.6 Å². The number of benzene rings is 1. The molecule has 0 aliphatic carbocycles. The van der Waals surface area contributed by atoms with E-state index >= 15 is 0 Å². The number of rotatable bonds is 14. The first-order chi connectivity index (χ1) is 33.0. The smallest absolute Gasteiger partial charge is 0.309 e. The molecule has 0 radical (unpaired) electrons. The van der Waals surface area contributed by atoms with E-state index in [9.17, 15) is 24.5 Å². The maximum atomic E-state index is 14.9. The summed E-state index contributed by atoms with van der Waals surface area (Å²) < 4.78 is 42.0. The van der Waals surface area contributed by atoms with E-state index in [4.69, 9.17) is 18.9 Å². The minimum atomic E-state index is -1.39. The molecule has 13 nitrogen and oxygen atoms in total. The average molecular weight is 1020 g/mol. The van der Waals surface area contributed by atoms with E-state index in [-0.39, 0.29) is 42.0 Å². The predicted molar refractivity (Wildman–Crippen MR) is 283 cm³/mol. The second kappa shape index (κ2) is 24.7. The van der Waals surface area contributed by atoms with E-state index < -0.39 is 83.8 Å². The third-order valence-electron chi connectivity index (χ3n) is 17.1. The molecule has 17 atom stereocenters. The van der Waals surface area contributed by atoms with Gasteiger partial charge in [0.2, 0.25) is 0 Å². The summed E-state index contributed by atoms with van der Waals surface area (Å²) in [5.41, 5.74) is 2.89. The Kier molecular flexibility index (Phi) is 20.8. The normalized spacial score (nSPS) is 37.9. The fraction of sp³-hybridized carbons (Fsp3) is 0.839. The highest BCUT2D eigenvalue weighted by atomic mass is 32.2. The van der Waals surface area contributed by atoms with Gasteiger partial charge in [-0.25, -0.2) is 4.39 Å². The summed E-state index contributed by atoms with van der Waals surface area (Å²) in [6.45, 7) is 31.2. The predicted octanol–water partition coefficient (Wildman–Crippen LogP) is 9.01. The molecule has 1 aromatic rings. The molecule has 71 heavy (non-hydrogen) atoms. The number of hydrogen-bond acceptors (Lipinski definition) is 14. The maximum Gasteiger partial charge on any atom is 0.309 e. The fourth-order valence-electron chi connectivity index (χ4n) is 12.7. The quantitative estimate of drug-likeness (QED) is 0.104. The highest BCUT2D eigenvalue weighted by Crippen LogP contribution is 2.47. The van der Waals surface area contributed by atoms with Crippen molar-refractivity contribution in [2.45, 2.75) is 231 Å². The Labute approximate surface area is 433 Å². The zero-order valence-corrected chi connectivity index (χ0v) is 47.8. The molecule has 408 valence electrons. The first kappa shape index (κ1) is 59.8. The van der Waals surface area contributed by atoms with Crippen molar-refractivity contribution in [1.82, 2.24) is 25.4 Å². The molecule has 4 heterocycles. The molecule has 0 spiro atoms. The Morgan fingerprint density at radius 3 is 2.20 bits per heavy atom. The van der Waals surface area contributed by atoms with Gasteiger partial charge in [0.15, 0.2) is 6.29 Å². The molecule has 0 amide bonds. The monoisotopic (exact) mass is 1020 g/mol. The van der Waals surface area contributed by atoms with Crippen molar-refractivity contribution in [3.63, 3.8) is 0 Å². The number of aliphatic hydroxyl groups excluding tert-OH is 2. The number of hydrogen-bond donors (Lipinski definition) is 4. The standard InChI is InChI=1S/C56H98FN5O8S/c1-19-47-55(13,14)50(63)39(9)60(17)31-34(4)28-56(15,66)52(37(7)49(38(8)53(65)69-47)46-29-54(11,12)51(64)40(10)68-46)70-48-27-43(26-35(5)67-48)59(16)25-24-42-32-62(58-61(42)18)45(30-57)36(6)41-20-22-44(23-21-41)71-33(2)3/h20-23,32-40,43,45-52,58,63-64,66H,19,24-31H2,1-18H3/t34-,35-,36-,37+,38-,39-,40+,43+,45-,46-,47-,48+,49?,50-,51+,52-,56-/m1/s1. The van der Waals surface area contributed by atoms with Gasteiger partial charge in [-0.1, -0.05) is 88.3 Å². The number of cyclic esters (lactones) is 1. The van der Waals surface area contributed by atoms with Crippen LogP contribution >= 0.6 is 11.8 Å². The van der Waals surface area contributed by atoms with Crippen LogP contribution in [0.4, 0.5) is 4.39 Å². The van der Waals surface area contributed by atoms with Crippen molar-refractivity contribution in [3.8, 4) is 0 Å². The van der Waals surface area contributed by atoms with Crippen LogP contribution in [-0.2, 0) is 23.7 Å². The van der Waals surface area contributed by atoms with Gasteiger partial charge in [0, 0.05) is 84.4 Å². The number of carbonyl (C=O) groups excluding carboxylic acids is 1. The number of alkyl halides is 1. The lowest BCUT2D eigenvalue weighted by Gasteiger charge is -2.51. The molecular weight excluding hydrogens is 922 g/mol. The first-order valence-electron chi connectivity index (χ1n) is 27.0. The molecule has 3 saturated heterocycles. The Hall–Kier alpha value is -2.05. The van der Waals surface area contributed by atoms with Crippen LogP contribution in [0.2, 0.25) is 0 Å². The highest BCUT2D eigenvalue weighted by Gasteiger charge is 2.53. The molecule has 3 fully saturated rings. The van der Waals surface area contributed by atoms with Gasteiger partial charge in [-0.3, -0.25) is 14.8 Å². The molecule has 4 aliphatic rings. The van der Waals surface area contributed by atoms with E-state index in [1.807, 2.05) is 104 Å². The minimum absolute atomic E-state index is 0.00541. The van der Waals surface area contributed by atoms with Gasteiger partial charge in [0.25, 0.3) is 0 Å². The number of halogens is 1. The lowest BCUT2D eigenvalue weighted by atomic mass is 9.66. The number of nitrogens with zero attached hydrogens (tertiary/aromatic N) is 4. The molecule has 1 unspecified atom stereocenters. The van der Waals surface area contributed by atoms with E-state index in [2.05, 4.69) is 88.2 Å². The summed E-state index contributed by atoms with van der Waals surface area (Å²) in [4.78, 5) is 20.4. The minimum Gasteiger partial charge on any atom is -0.461 e. The van der Waals surface area contributed by atoms with Gasteiger partial charge in [-0.2, -0.15) is 0 Å². The Morgan fingerprint density at radius 2 is 1.61 bits per heavy atom. The fourth-order valence-corrected chi connectivity index (χ4v) is 13.5. The van der Waals surface area contributed by atoms with Gasteiger partial charge < -0.3 is 44.1 Å². The van der Waals surface area contributed by atoms with Crippen LogP contribution in [-0.4, -0.2) is 160 Å². The Balaban J connectivity index is 1.40. The van der Waals surface area contributed by atoms with Crippen molar-refractivity contribution in [2.24, 2.45) is 34.5 Å². The largest absolute Gasteiger partial charge is 0.461 e. The van der Waals surface area contributed by atoms with Gasteiger partial charge >= 0.3 is 5.97 Å². The number of nitrogens with one attached hydrogen (secondary N) is 1. The lowest BCUT2D eigenvalue weighted by Crippen LogP contribution is -2.58. The number of aliphatic hydroxyl groups is 3. The van der Waals surface area contributed by atoms with Crippen molar-refractivity contribution in [3.05, 3.63) is 41.7 Å². The van der Waals surface area contributed by atoms with Gasteiger partial charge in [0.05, 0.1) is 54.2 Å². The summed E-state index contributed by atoms with van der Waals surface area (Å²) in [7, 11) is 6.12. The van der Waals surface area contributed by atoms with Crippen LogP contribution in [0.15, 0.2) is 41.1 Å². The van der Waals surface area contributed by atoms with Gasteiger partial charge in [0.1, 0.15) is 12.8 Å². The topological polar surface area (TPSA) is 140 Å². The van der Waals surface area contributed by atoms with Crippen molar-refractivity contribution >= 4 is 17.7 Å². The van der Waals surface area contributed by atoms with Crippen LogP contribution in [0.5, 0.6) is 0 Å². The molecule has 4 aliphatic heterocycles. The zero-order chi connectivity index (χ0) is 53.1. The summed E-state index contributed by atoms with van der Waals surface area (Å²) >= 11 is 1.82. The summed E-state index contributed by atoms with van der Waals surface area (Å²) in [5, 5.41) is 40.6. The van der Waals surface area contributed by atoms with E-state index in [1.165, 1.54) is 4.90 Å². The Bertz CT molecular complexity index is 1870. The van der Waals surface area contributed by atoms with Crippen LogP contribution in [0.25, 0.3) is 0 Å². The molecule has 1 aromatic carbocycles. The maximum absolute atomic E-state index is 14.9. The summed E-state index contributed by atoms with van der Waals surface area (Å²) in [6.07, 6.45) is 0.905. The molecule has 0 aromatic heterocycles. The molecule has 0 bridgehead atoms. The van der Waals surface area contributed by atoms with Gasteiger partial charge in [-0.05, 0) is 102 Å². The number of hydrazine groups is 2. The van der Waals surface area contributed by atoms with Crippen molar-refractivity contribution in [2.75, 3.05) is 40.9 Å². The summed E-state index contributed by atoms with van der Waals surface area (Å²) in [5.74, 6) is -2.06. The van der Waals surface area contributed by atoms with Crippen molar-refractivity contribution in [1.29, 1.82) is 0 Å². The molecule has 4 N–H and O–H groups in total. The molecular formula is C56H98FN5O8S. The second-order valence-corrected chi connectivity index (χ2v) is 26.1. The summed E-state index contributed by atoms with van der Waals surface area (Å²) in [6, 6.07) is 7.97. The Morgan fingerprint density at radius 1 is 0.958 bits per heavy atom. The molecule has 5 rings (SSSR count). The highest BCUT2D eigenvalue weighted by molar-refractivity contribution is 7.99. The number of likely N-dealkylation sites (N-methyl/N-ethyl adjacent to an activating group) is 1. The van der Waals surface area contributed by atoms with E-state index in [1.54, 1.807) is 0 Å². The SMILES string of the molecule is CC[C@H]1OC(=O)[C@H](C)C([C@H]2CC(C)(C)[C@@H](O)[C@H](C)O2)[C@H](C)[C@@H](O[C@H]2C[C@@H](N(C)CCC3=CN([C@H](CF)[C@H](C)c4ccc(SC(C)C)cc4)NN3C)C[C@@H](C)O2)[C@](C)(O)C[C@@H](C)CN(C)[C@H](C)[C@@H](O)C1(C)C. The third kappa shape index (κ3) is 14.5. The molecule has 0 saturated carbocycles. The number of carbonyl (C=O) groups is 1. The number of ether oxygens (including phenoxy) is 4. The third-order valence-corrected chi connectivity index (χ3v) is 18.1. The number of esters is 1. The van der Waals surface area contributed by atoms with Crippen LogP contribution in [0.3, 0.4) is 0 Å². The van der Waals surface area contributed by atoms with E-state index in [0.29, 0.717) is 37.5 Å².